The summed E-state index contributed by atoms with van der Waals surface area (Å²) < 4.78 is 47.0. The first kappa shape index (κ1) is 16.3. The Morgan fingerprint density at radius 1 is 1.29 bits per heavy atom. The van der Waals surface area contributed by atoms with Crippen LogP contribution in [0.25, 0.3) is 0 Å². The van der Waals surface area contributed by atoms with Gasteiger partial charge in [0.15, 0.2) is 11.6 Å². The molecule has 3 rings (SSSR count). The van der Waals surface area contributed by atoms with Crippen LogP contribution >= 0.6 is 0 Å². The number of aromatic nitrogens is 1. The third-order valence-corrected chi connectivity index (χ3v) is 4.31. The Balaban J connectivity index is 1.82. The highest BCUT2D eigenvalue weighted by atomic mass is 19.3. The van der Waals surface area contributed by atoms with E-state index < -0.39 is 23.1 Å². The first-order chi connectivity index (χ1) is 11.2. The van der Waals surface area contributed by atoms with E-state index in [1.165, 1.54) is 30.5 Å². The first-order valence-corrected chi connectivity index (χ1v) is 7.34. The summed E-state index contributed by atoms with van der Waals surface area (Å²) in [4.78, 5) is 14.8. The summed E-state index contributed by atoms with van der Waals surface area (Å²) in [5.74, 6) is -4.36. The van der Waals surface area contributed by atoms with Crippen molar-refractivity contribution >= 4 is 5.91 Å². The van der Waals surface area contributed by atoms with Gasteiger partial charge in [0, 0.05) is 19.2 Å². The van der Waals surface area contributed by atoms with Crippen molar-refractivity contribution in [3.8, 4) is 11.6 Å². The van der Waals surface area contributed by atoms with Crippen LogP contribution < -0.4 is 10.5 Å². The molecule has 126 valence electrons. The Hall–Kier alpha value is -2.57. The van der Waals surface area contributed by atoms with E-state index in [4.69, 9.17) is 10.5 Å². The zero-order chi connectivity index (χ0) is 17.5. The smallest absolute Gasteiger partial charge is 0.254 e. The lowest BCUT2D eigenvalue weighted by Gasteiger charge is -2.23. The van der Waals surface area contributed by atoms with Crippen LogP contribution in [0.4, 0.5) is 13.2 Å². The number of amides is 1. The van der Waals surface area contributed by atoms with E-state index in [-0.39, 0.29) is 22.8 Å². The lowest BCUT2D eigenvalue weighted by molar-refractivity contribution is -0.0200. The molecular formula is C17H15F3N2O2. The average molecular weight is 336 g/mol. The molecule has 0 unspecified atom stereocenters. The minimum absolute atomic E-state index is 0.0635. The highest BCUT2D eigenvalue weighted by molar-refractivity contribution is 5.92. The molecule has 1 amide bonds. The number of pyridine rings is 1. The predicted molar refractivity (Wildman–Crippen MR) is 80.8 cm³/mol. The number of nitrogens with zero attached hydrogens (tertiary/aromatic N) is 1. The van der Waals surface area contributed by atoms with Gasteiger partial charge in [0.05, 0.1) is 11.0 Å². The second kappa shape index (κ2) is 5.51. The summed E-state index contributed by atoms with van der Waals surface area (Å²) in [7, 11) is 0. The lowest BCUT2D eigenvalue weighted by atomic mass is 9.90. The van der Waals surface area contributed by atoms with Crippen LogP contribution in [0, 0.1) is 5.82 Å². The number of carbonyl (C=O) groups excluding carboxylic acids is 1. The molecular weight excluding hydrogens is 321 g/mol. The molecule has 7 heteroatoms. The molecule has 1 aliphatic carbocycles. The molecule has 0 spiro atoms. The Morgan fingerprint density at radius 3 is 2.46 bits per heavy atom. The zero-order valence-corrected chi connectivity index (χ0v) is 12.9. The summed E-state index contributed by atoms with van der Waals surface area (Å²) in [6, 6.07) is 6.60. The monoisotopic (exact) mass is 336 g/mol. The highest BCUT2D eigenvalue weighted by Crippen LogP contribution is 2.58. The molecule has 4 nitrogen and oxygen atoms in total. The zero-order valence-electron chi connectivity index (χ0n) is 12.9. The quantitative estimate of drug-likeness (QED) is 0.903. The molecule has 0 bridgehead atoms. The molecule has 0 aliphatic heterocycles. The van der Waals surface area contributed by atoms with Gasteiger partial charge in [0.25, 0.3) is 5.92 Å². The minimum atomic E-state index is -2.91. The van der Waals surface area contributed by atoms with Gasteiger partial charge in [-0.05, 0) is 36.6 Å². The Bertz CT molecular complexity index is 781. The summed E-state index contributed by atoms with van der Waals surface area (Å²) in [6.45, 7) is 0.854. The molecule has 1 aromatic carbocycles. The second-order valence-electron chi connectivity index (χ2n) is 5.97. The van der Waals surface area contributed by atoms with Crippen molar-refractivity contribution in [2.75, 3.05) is 0 Å². The highest BCUT2D eigenvalue weighted by Gasteiger charge is 2.60. The molecule has 0 saturated heterocycles. The fourth-order valence-corrected chi connectivity index (χ4v) is 2.69. The van der Waals surface area contributed by atoms with Gasteiger partial charge in [0.2, 0.25) is 11.8 Å². The number of alkyl halides is 2. The molecule has 1 fully saturated rings. The molecule has 2 N–H and O–H groups in total. The van der Waals surface area contributed by atoms with Crippen molar-refractivity contribution < 1.29 is 22.7 Å². The number of hydrogen-bond donors (Lipinski definition) is 1. The normalized spacial score (nSPS) is 15.8. The third kappa shape index (κ3) is 2.81. The van der Waals surface area contributed by atoms with Crippen LogP contribution in [-0.2, 0) is 5.41 Å². The molecule has 1 aliphatic rings. The van der Waals surface area contributed by atoms with E-state index >= 15 is 0 Å². The number of carbonyl (C=O) groups is 1. The van der Waals surface area contributed by atoms with Crippen molar-refractivity contribution in [1.29, 1.82) is 0 Å². The molecule has 0 radical (unpaired) electrons. The fourth-order valence-electron chi connectivity index (χ4n) is 2.69. The van der Waals surface area contributed by atoms with Gasteiger partial charge in [-0.1, -0.05) is 6.07 Å². The maximum Gasteiger partial charge on any atom is 0.254 e. The van der Waals surface area contributed by atoms with Crippen molar-refractivity contribution in [3.05, 3.63) is 53.5 Å². The number of halogens is 3. The van der Waals surface area contributed by atoms with E-state index in [2.05, 4.69) is 4.98 Å². The average Bonchev–Trinajstić information content (AvgIpc) is 3.31. The third-order valence-electron chi connectivity index (χ3n) is 4.31. The number of nitrogens with two attached hydrogens (primary N) is 1. The fraction of sp³-hybridized carbons (Fsp3) is 0.294. The van der Waals surface area contributed by atoms with Gasteiger partial charge >= 0.3 is 0 Å². The maximum atomic E-state index is 14.2. The maximum absolute atomic E-state index is 14.2. The molecule has 24 heavy (non-hydrogen) atoms. The van der Waals surface area contributed by atoms with Gasteiger partial charge in [-0.15, -0.1) is 0 Å². The van der Waals surface area contributed by atoms with Gasteiger partial charge in [-0.2, -0.15) is 0 Å². The largest absolute Gasteiger partial charge is 0.436 e. The van der Waals surface area contributed by atoms with E-state index in [9.17, 15) is 18.0 Å². The SMILES string of the molecule is CC(F)(F)C1(c2ccc(Oc3ccc(C(N)=O)cn3)c(F)c2)CC1. The number of rotatable bonds is 5. The molecule has 1 saturated carbocycles. The van der Waals surface area contributed by atoms with Crippen molar-refractivity contribution in [2.24, 2.45) is 5.73 Å². The Labute approximate surface area is 136 Å². The van der Waals surface area contributed by atoms with Crippen LogP contribution in [0.5, 0.6) is 11.6 Å². The van der Waals surface area contributed by atoms with Gasteiger partial charge in [0.1, 0.15) is 0 Å². The summed E-state index contributed by atoms with van der Waals surface area (Å²) in [6.07, 6.45) is 1.86. The molecule has 1 heterocycles. The standard InChI is InChI=1S/C17H15F3N2O2/c1-16(19,20)17(6-7-17)11-3-4-13(12(18)8-11)24-14-5-2-10(9-22-14)15(21)23/h2-5,8-9H,6-7H2,1H3,(H2,21,23). The first-order valence-electron chi connectivity index (χ1n) is 7.34. The number of hydrogen-bond acceptors (Lipinski definition) is 3. The number of primary amides is 1. The Kier molecular flexibility index (Phi) is 3.74. The van der Waals surface area contributed by atoms with Crippen LogP contribution in [0.3, 0.4) is 0 Å². The van der Waals surface area contributed by atoms with E-state index in [1.807, 2.05) is 0 Å². The van der Waals surface area contributed by atoms with Crippen LogP contribution in [0.15, 0.2) is 36.5 Å². The van der Waals surface area contributed by atoms with E-state index in [1.54, 1.807) is 0 Å². The van der Waals surface area contributed by atoms with Crippen LogP contribution in [-0.4, -0.2) is 16.8 Å². The predicted octanol–water partition coefficient (Wildman–Crippen LogP) is 3.80. The summed E-state index contributed by atoms with van der Waals surface area (Å²) >= 11 is 0. The topological polar surface area (TPSA) is 65.2 Å². The minimum Gasteiger partial charge on any atom is -0.436 e. The van der Waals surface area contributed by atoms with Gasteiger partial charge < -0.3 is 10.5 Å². The van der Waals surface area contributed by atoms with E-state index in [0.29, 0.717) is 12.8 Å². The summed E-state index contributed by atoms with van der Waals surface area (Å²) in [5, 5.41) is 0. The number of benzene rings is 1. The van der Waals surface area contributed by atoms with Gasteiger partial charge in [-0.25, -0.2) is 18.2 Å². The second-order valence-corrected chi connectivity index (χ2v) is 5.97. The summed E-state index contributed by atoms with van der Waals surface area (Å²) in [5.41, 5.74) is 4.27. The molecule has 0 atom stereocenters. The van der Waals surface area contributed by atoms with Crippen LogP contribution in [0.2, 0.25) is 0 Å². The van der Waals surface area contributed by atoms with Crippen molar-refractivity contribution in [2.45, 2.75) is 31.1 Å². The van der Waals surface area contributed by atoms with Gasteiger partial charge in [-0.3, -0.25) is 4.79 Å². The Morgan fingerprint density at radius 2 is 2.00 bits per heavy atom. The molecule has 1 aromatic heterocycles. The lowest BCUT2D eigenvalue weighted by Crippen LogP contribution is -2.30. The molecule has 2 aromatic rings. The van der Waals surface area contributed by atoms with Crippen molar-refractivity contribution in [1.82, 2.24) is 4.98 Å². The van der Waals surface area contributed by atoms with E-state index in [0.717, 1.165) is 13.0 Å². The van der Waals surface area contributed by atoms with Crippen LogP contribution in [0.1, 0.15) is 35.7 Å². The van der Waals surface area contributed by atoms with Crippen molar-refractivity contribution in [3.63, 3.8) is 0 Å². The number of ether oxygens (including phenoxy) is 1.